The van der Waals surface area contributed by atoms with E-state index in [0.29, 0.717) is 6.54 Å². The molecule has 2 unspecified atom stereocenters. The number of hydrogen-bond donors (Lipinski definition) is 2. The summed E-state index contributed by atoms with van der Waals surface area (Å²) in [5, 5.41) is 2.94. The second kappa shape index (κ2) is 9.30. The number of methoxy groups -OCH3 is 1. The van der Waals surface area contributed by atoms with Gasteiger partial charge in [0.2, 0.25) is 5.91 Å². The van der Waals surface area contributed by atoms with E-state index in [1.54, 1.807) is 7.11 Å². The van der Waals surface area contributed by atoms with Crippen LogP contribution in [0.4, 0.5) is 0 Å². The molecule has 0 aromatic heterocycles. The van der Waals surface area contributed by atoms with Crippen molar-refractivity contribution in [2.75, 3.05) is 7.11 Å². The van der Waals surface area contributed by atoms with Gasteiger partial charge >= 0.3 is 0 Å². The average molecular weight is 349 g/mol. The van der Waals surface area contributed by atoms with Crippen LogP contribution in [0.1, 0.15) is 29.7 Å². The van der Waals surface area contributed by atoms with Crippen LogP contribution in [-0.4, -0.2) is 13.0 Å². The summed E-state index contributed by atoms with van der Waals surface area (Å²) in [5.74, 6) is 0.406. The second-order valence-corrected chi connectivity index (χ2v) is 5.76. The molecule has 4 nitrogen and oxygen atoms in total. The van der Waals surface area contributed by atoms with Gasteiger partial charge in [0.25, 0.3) is 0 Å². The summed E-state index contributed by atoms with van der Waals surface area (Å²) < 4.78 is 5.36. The quantitative estimate of drug-likeness (QED) is 0.841. The number of benzene rings is 2. The number of nitrogens with two attached hydrogens (primary N) is 1. The highest BCUT2D eigenvalue weighted by Crippen LogP contribution is 2.21. The summed E-state index contributed by atoms with van der Waals surface area (Å²) in [6, 6.07) is 15.3. The lowest BCUT2D eigenvalue weighted by Gasteiger charge is -2.20. The van der Waals surface area contributed by atoms with Gasteiger partial charge in [-0.2, -0.15) is 0 Å². The van der Waals surface area contributed by atoms with Gasteiger partial charge in [0.05, 0.1) is 13.0 Å². The van der Waals surface area contributed by atoms with Crippen LogP contribution < -0.4 is 15.8 Å². The first kappa shape index (κ1) is 20.0. The van der Waals surface area contributed by atoms with Crippen molar-refractivity contribution in [1.82, 2.24) is 5.32 Å². The summed E-state index contributed by atoms with van der Waals surface area (Å²) in [4.78, 5) is 12.4. The highest BCUT2D eigenvalue weighted by Gasteiger charge is 2.22. The summed E-state index contributed by atoms with van der Waals surface area (Å²) >= 11 is 0. The minimum Gasteiger partial charge on any atom is -0.496 e. The third-order valence-corrected chi connectivity index (χ3v) is 4.03. The minimum atomic E-state index is -0.323. The fourth-order valence-corrected chi connectivity index (χ4v) is 2.47. The first-order valence-electron chi connectivity index (χ1n) is 7.74. The van der Waals surface area contributed by atoms with E-state index in [2.05, 4.69) is 5.32 Å². The number of halogens is 1. The molecule has 0 spiro atoms. The molecule has 2 atom stereocenters. The summed E-state index contributed by atoms with van der Waals surface area (Å²) in [7, 11) is 1.63. The SMILES string of the molecule is COc1cc(C)ccc1CNC(=O)C(C)C(N)c1ccccc1.Cl. The topological polar surface area (TPSA) is 64.3 Å². The smallest absolute Gasteiger partial charge is 0.225 e. The molecule has 0 bridgehead atoms. The lowest BCUT2D eigenvalue weighted by Crippen LogP contribution is -2.35. The Labute approximate surface area is 149 Å². The Bertz CT molecular complexity index is 662. The maximum atomic E-state index is 12.4. The molecule has 0 saturated carbocycles. The van der Waals surface area contributed by atoms with Crippen LogP contribution >= 0.6 is 12.4 Å². The molecule has 0 aliphatic heterocycles. The Morgan fingerprint density at radius 3 is 2.50 bits per heavy atom. The van der Waals surface area contributed by atoms with Crippen molar-refractivity contribution in [2.45, 2.75) is 26.4 Å². The van der Waals surface area contributed by atoms with Gasteiger partial charge in [-0.15, -0.1) is 12.4 Å². The number of ether oxygens (including phenoxy) is 1. The number of carbonyl (C=O) groups excluding carboxylic acids is 1. The highest BCUT2D eigenvalue weighted by molar-refractivity contribution is 5.85. The Morgan fingerprint density at radius 1 is 1.21 bits per heavy atom. The van der Waals surface area contributed by atoms with Crippen LogP contribution in [-0.2, 0) is 11.3 Å². The number of amides is 1. The number of rotatable bonds is 6. The van der Waals surface area contributed by atoms with Crippen molar-refractivity contribution in [3.8, 4) is 5.75 Å². The van der Waals surface area contributed by atoms with Gasteiger partial charge < -0.3 is 15.8 Å². The van der Waals surface area contributed by atoms with Crippen molar-refractivity contribution >= 4 is 18.3 Å². The van der Waals surface area contributed by atoms with Gasteiger partial charge in [-0.3, -0.25) is 4.79 Å². The first-order valence-corrected chi connectivity index (χ1v) is 7.74. The van der Waals surface area contributed by atoms with E-state index in [4.69, 9.17) is 10.5 Å². The molecule has 130 valence electrons. The molecule has 0 aliphatic carbocycles. The molecular formula is C19H25ClN2O2. The molecule has 0 saturated heterocycles. The summed E-state index contributed by atoms with van der Waals surface area (Å²) in [5.41, 5.74) is 9.23. The van der Waals surface area contributed by atoms with Crippen LogP contribution in [0.2, 0.25) is 0 Å². The normalized spacial score (nSPS) is 12.7. The summed E-state index contributed by atoms with van der Waals surface area (Å²) in [6.07, 6.45) is 0. The zero-order chi connectivity index (χ0) is 16.8. The van der Waals surface area contributed by atoms with Crippen molar-refractivity contribution < 1.29 is 9.53 Å². The van der Waals surface area contributed by atoms with Gasteiger partial charge in [0, 0.05) is 18.2 Å². The zero-order valence-electron chi connectivity index (χ0n) is 14.3. The number of carbonyl (C=O) groups is 1. The molecule has 1 amide bonds. The number of hydrogen-bond acceptors (Lipinski definition) is 3. The van der Waals surface area contributed by atoms with Gasteiger partial charge in [-0.05, 0) is 24.1 Å². The van der Waals surface area contributed by atoms with Crippen molar-refractivity contribution in [3.05, 3.63) is 65.2 Å². The fraction of sp³-hybridized carbons (Fsp3) is 0.316. The molecular weight excluding hydrogens is 324 g/mol. The van der Waals surface area contributed by atoms with Crippen molar-refractivity contribution in [2.24, 2.45) is 11.7 Å². The predicted octanol–water partition coefficient (Wildman–Crippen LogP) is 3.38. The molecule has 24 heavy (non-hydrogen) atoms. The zero-order valence-corrected chi connectivity index (χ0v) is 15.1. The minimum absolute atomic E-state index is 0. The molecule has 0 heterocycles. The predicted molar refractivity (Wildman–Crippen MR) is 99.4 cm³/mol. The monoisotopic (exact) mass is 348 g/mol. The largest absolute Gasteiger partial charge is 0.496 e. The van der Waals surface area contributed by atoms with Crippen LogP contribution in [0.25, 0.3) is 0 Å². The fourth-order valence-electron chi connectivity index (χ4n) is 2.47. The van der Waals surface area contributed by atoms with Crippen molar-refractivity contribution in [1.29, 1.82) is 0 Å². The lowest BCUT2D eigenvalue weighted by atomic mass is 9.94. The third kappa shape index (κ3) is 4.98. The van der Waals surface area contributed by atoms with Crippen LogP contribution in [0, 0.1) is 12.8 Å². The molecule has 2 rings (SSSR count). The molecule has 2 aromatic carbocycles. The maximum absolute atomic E-state index is 12.4. The lowest BCUT2D eigenvalue weighted by molar-refractivity contribution is -0.125. The summed E-state index contributed by atoms with van der Waals surface area (Å²) in [6.45, 7) is 4.28. The Balaban J connectivity index is 0.00000288. The Kier molecular flexibility index (Phi) is 7.75. The van der Waals surface area contributed by atoms with Gasteiger partial charge in [-0.25, -0.2) is 0 Å². The van der Waals surface area contributed by atoms with Crippen LogP contribution in [0.5, 0.6) is 5.75 Å². The van der Waals surface area contributed by atoms with Gasteiger partial charge in [0.1, 0.15) is 5.75 Å². The maximum Gasteiger partial charge on any atom is 0.225 e. The molecule has 0 fully saturated rings. The van der Waals surface area contributed by atoms with Crippen LogP contribution in [0.3, 0.4) is 0 Å². The Hall–Kier alpha value is -2.04. The van der Waals surface area contributed by atoms with E-state index in [0.717, 1.165) is 22.4 Å². The highest BCUT2D eigenvalue weighted by atomic mass is 35.5. The van der Waals surface area contributed by atoms with Crippen LogP contribution in [0.15, 0.2) is 48.5 Å². The van der Waals surface area contributed by atoms with E-state index in [1.807, 2.05) is 62.4 Å². The molecule has 0 radical (unpaired) electrons. The average Bonchev–Trinajstić information content (AvgIpc) is 2.59. The number of aryl methyl sites for hydroxylation is 1. The van der Waals surface area contributed by atoms with E-state index in [9.17, 15) is 4.79 Å². The van der Waals surface area contributed by atoms with E-state index in [-0.39, 0.29) is 30.3 Å². The molecule has 0 aliphatic rings. The van der Waals surface area contributed by atoms with Gasteiger partial charge in [-0.1, -0.05) is 49.4 Å². The second-order valence-electron chi connectivity index (χ2n) is 5.76. The van der Waals surface area contributed by atoms with Gasteiger partial charge in [0.15, 0.2) is 0 Å². The van der Waals surface area contributed by atoms with Crippen molar-refractivity contribution in [3.63, 3.8) is 0 Å². The molecule has 5 heteroatoms. The third-order valence-electron chi connectivity index (χ3n) is 4.03. The number of nitrogens with one attached hydrogen (secondary N) is 1. The van der Waals surface area contributed by atoms with E-state index >= 15 is 0 Å². The standard InChI is InChI=1S/C19H24N2O2.ClH/c1-13-9-10-16(17(11-13)23-3)12-21-19(22)14(2)18(20)15-7-5-4-6-8-15;/h4-11,14,18H,12,20H2,1-3H3,(H,21,22);1H. The molecule has 3 N–H and O–H groups in total. The Morgan fingerprint density at radius 2 is 1.88 bits per heavy atom. The van der Waals surface area contributed by atoms with E-state index in [1.165, 1.54) is 0 Å². The van der Waals surface area contributed by atoms with E-state index < -0.39 is 0 Å². The first-order chi connectivity index (χ1) is 11.0. The molecule has 2 aromatic rings.